The lowest BCUT2D eigenvalue weighted by atomic mass is 9.86. The van der Waals surface area contributed by atoms with Crippen LogP contribution in [0.25, 0.3) is 10.9 Å². The largest absolute Gasteiger partial charge is 0.496 e. The first-order chi connectivity index (χ1) is 16.2. The molecule has 178 valence electrons. The van der Waals surface area contributed by atoms with Crippen LogP contribution in [0.2, 0.25) is 5.02 Å². The molecule has 34 heavy (non-hydrogen) atoms. The minimum Gasteiger partial charge on any atom is -0.496 e. The summed E-state index contributed by atoms with van der Waals surface area (Å²) in [5.41, 5.74) is 6.24. The minimum absolute atomic E-state index is 0.0100. The zero-order valence-corrected chi connectivity index (χ0v) is 19.7. The van der Waals surface area contributed by atoms with Crippen LogP contribution < -0.4 is 15.8 Å². The van der Waals surface area contributed by atoms with Gasteiger partial charge < -0.3 is 20.7 Å². The molecule has 9 nitrogen and oxygen atoms in total. The molecule has 0 saturated carbocycles. The Morgan fingerprint density at radius 2 is 2.06 bits per heavy atom. The van der Waals surface area contributed by atoms with Crippen LogP contribution in [0.3, 0.4) is 0 Å². The molecule has 0 aliphatic carbocycles. The van der Waals surface area contributed by atoms with Gasteiger partial charge in [-0.15, -0.1) is 0 Å². The van der Waals surface area contributed by atoms with Gasteiger partial charge in [0, 0.05) is 43.6 Å². The summed E-state index contributed by atoms with van der Waals surface area (Å²) < 4.78 is 20.0. The highest BCUT2D eigenvalue weighted by molar-refractivity contribution is 6.31. The van der Waals surface area contributed by atoms with Crippen molar-refractivity contribution in [2.45, 2.75) is 19.0 Å². The van der Waals surface area contributed by atoms with Crippen molar-refractivity contribution in [2.24, 2.45) is 5.73 Å². The van der Waals surface area contributed by atoms with E-state index in [2.05, 4.69) is 15.3 Å². The van der Waals surface area contributed by atoms with E-state index in [1.807, 2.05) is 11.0 Å². The number of nitrogens with zero attached hydrogens (tertiary/aromatic N) is 4. The Balaban J connectivity index is 1.70. The second-order valence-electron chi connectivity index (χ2n) is 8.26. The fourth-order valence-corrected chi connectivity index (χ4v) is 4.24. The summed E-state index contributed by atoms with van der Waals surface area (Å²) >= 11 is 5.91. The molecule has 0 atom stereocenters. The van der Waals surface area contributed by atoms with E-state index >= 15 is 0 Å². The second kappa shape index (κ2) is 9.03. The van der Waals surface area contributed by atoms with Gasteiger partial charge in [0.2, 0.25) is 11.8 Å². The number of aromatic nitrogens is 2. The number of nitrogens with one attached hydrogen (secondary N) is 1. The standard InChI is InChI=1S/C23H24ClFN6O3/c1-13(32)31-10-23(11-31,22(26)33)30(2)9-14-7-15-18(8-19(14)34-3)27-12-28-21(15)29-17-6-4-5-16(24)20(17)25/h4-8,12H,9-11H2,1-3H3,(H2,26,33)(H,27,28,29). The minimum atomic E-state index is -0.982. The van der Waals surface area contributed by atoms with E-state index in [-0.39, 0.29) is 29.7 Å². The zero-order valence-electron chi connectivity index (χ0n) is 18.9. The molecule has 0 spiro atoms. The lowest BCUT2D eigenvalue weighted by Gasteiger charge is -2.52. The zero-order chi connectivity index (χ0) is 24.6. The van der Waals surface area contributed by atoms with Crippen LogP contribution in [-0.4, -0.2) is 64.4 Å². The van der Waals surface area contributed by atoms with Crippen LogP contribution >= 0.6 is 11.6 Å². The third-order valence-electron chi connectivity index (χ3n) is 6.19. The number of methoxy groups -OCH3 is 1. The number of halogens is 2. The Morgan fingerprint density at radius 3 is 2.71 bits per heavy atom. The maximum absolute atomic E-state index is 14.5. The van der Waals surface area contributed by atoms with Gasteiger partial charge in [0.1, 0.15) is 23.4 Å². The van der Waals surface area contributed by atoms with E-state index in [1.165, 1.54) is 26.4 Å². The molecule has 3 N–H and O–H groups in total. The van der Waals surface area contributed by atoms with Crippen LogP contribution in [0, 0.1) is 5.82 Å². The maximum Gasteiger partial charge on any atom is 0.241 e. The third kappa shape index (κ3) is 4.10. The number of hydrogen-bond donors (Lipinski definition) is 2. The van der Waals surface area contributed by atoms with Crippen LogP contribution in [-0.2, 0) is 16.1 Å². The van der Waals surface area contributed by atoms with Crippen molar-refractivity contribution in [2.75, 3.05) is 32.6 Å². The van der Waals surface area contributed by atoms with Gasteiger partial charge in [0.15, 0.2) is 5.82 Å². The molecule has 1 aliphatic rings. The molecule has 4 rings (SSSR count). The van der Waals surface area contributed by atoms with Crippen LogP contribution in [0.1, 0.15) is 12.5 Å². The molecule has 1 aromatic heterocycles. The second-order valence-corrected chi connectivity index (χ2v) is 8.66. The van der Waals surface area contributed by atoms with Crippen molar-refractivity contribution in [3.8, 4) is 5.75 Å². The summed E-state index contributed by atoms with van der Waals surface area (Å²) in [6.45, 7) is 2.18. The summed E-state index contributed by atoms with van der Waals surface area (Å²) in [5.74, 6) is -0.272. The molecule has 0 unspecified atom stereocenters. The van der Waals surface area contributed by atoms with Crippen molar-refractivity contribution in [1.29, 1.82) is 0 Å². The number of rotatable bonds is 7. The number of ether oxygens (including phenoxy) is 1. The molecule has 3 aromatic rings. The number of likely N-dealkylation sites (N-methyl/N-ethyl adjacent to an activating group) is 1. The Hall–Kier alpha value is -3.50. The fraction of sp³-hybridized carbons (Fsp3) is 0.304. The number of primary amides is 1. The smallest absolute Gasteiger partial charge is 0.241 e. The molecule has 2 heterocycles. The van der Waals surface area contributed by atoms with Crippen LogP contribution in [0.15, 0.2) is 36.7 Å². The van der Waals surface area contributed by atoms with E-state index < -0.39 is 17.3 Å². The molecule has 0 bridgehead atoms. The number of fused-ring (bicyclic) bond motifs is 1. The van der Waals surface area contributed by atoms with Crippen LogP contribution in [0.4, 0.5) is 15.9 Å². The van der Waals surface area contributed by atoms with E-state index in [4.69, 9.17) is 22.1 Å². The number of carbonyl (C=O) groups is 2. The topological polar surface area (TPSA) is 114 Å². The first-order valence-corrected chi connectivity index (χ1v) is 10.8. The molecule has 2 aromatic carbocycles. The average molecular weight is 487 g/mol. The first kappa shape index (κ1) is 23.7. The van der Waals surface area contributed by atoms with Crippen molar-refractivity contribution in [3.05, 3.63) is 53.1 Å². The number of hydrogen-bond acceptors (Lipinski definition) is 7. The van der Waals surface area contributed by atoms with Gasteiger partial charge in [-0.25, -0.2) is 14.4 Å². The molecule has 0 radical (unpaired) electrons. The van der Waals surface area contributed by atoms with E-state index in [9.17, 15) is 14.0 Å². The molecule has 1 fully saturated rings. The number of nitrogens with two attached hydrogens (primary N) is 1. The lowest BCUT2D eigenvalue weighted by Crippen LogP contribution is -2.75. The maximum atomic E-state index is 14.5. The van der Waals surface area contributed by atoms with Gasteiger partial charge in [-0.05, 0) is 25.2 Å². The van der Waals surface area contributed by atoms with Crippen molar-refractivity contribution in [3.63, 3.8) is 0 Å². The monoisotopic (exact) mass is 486 g/mol. The number of likely N-dealkylation sites (tertiary alicyclic amines) is 1. The Kier molecular flexibility index (Phi) is 6.28. The van der Waals surface area contributed by atoms with Gasteiger partial charge in [-0.1, -0.05) is 17.7 Å². The van der Waals surface area contributed by atoms with Crippen LogP contribution in [0.5, 0.6) is 5.75 Å². The Morgan fingerprint density at radius 1 is 1.32 bits per heavy atom. The van der Waals surface area contributed by atoms with E-state index in [1.54, 1.807) is 30.1 Å². The Labute approximate surface area is 200 Å². The quantitative estimate of drug-likeness (QED) is 0.527. The van der Waals surface area contributed by atoms with Gasteiger partial charge in [0.25, 0.3) is 0 Å². The van der Waals surface area contributed by atoms with Crippen molar-refractivity contribution >= 4 is 45.8 Å². The van der Waals surface area contributed by atoms with Crippen molar-refractivity contribution < 1.29 is 18.7 Å². The first-order valence-electron chi connectivity index (χ1n) is 10.5. The molecule has 1 aliphatic heterocycles. The number of anilines is 2. The summed E-state index contributed by atoms with van der Waals surface area (Å²) in [4.78, 5) is 36.0. The summed E-state index contributed by atoms with van der Waals surface area (Å²) in [5, 5.41) is 3.59. The predicted octanol–water partition coefficient (Wildman–Crippen LogP) is 2.69. The van der Waals surface area contributed by atoms with Crippen molar-refractivity contribution in [1.82, 2.24) is 19.8 Å². The SMILES string of the molecule is COc1cc2ncnc(Nc3cccc(Cl)c3F)c2cc1CN(C)C1(C(N)=O)CN(C(C)=O)C1. The number of benzene rings is 2. The fourth-order valence-electron chi connectivity index (χ4n) is 4.07. The molecular weight excluding hydrogens is 463 g/mol. The summed E-state index contributed by atoms with van der Waals surface area (Å²) in [7, 11) is 3.31. The predicted molar refractivity (Wildman–Crippen MR) is 126 cm³/mol. The lowest BCUT2D eigenvalue weighted by molar-refractivity contribution is -0.153. The summed E-state index contributed by atoms with van der Waals surface area (Å²) in [6.07, 6.45) is 1.37. The molecule has 11 heteroatoms. The van der Waals surface area contributed by atoms with Gasteiger partial charge >= 0.3 is 0 Å². The highest BCUT2D eigenvalue weighted by Crippen LogP contribution is 2.34. The number of carbonyl (C=O) groups excluding carboxylic acids is 2. The molecular formula is C23H24ClFN6O3. The van der Waals surface area contributed by atoms with Gasteiger partial charge in [-0.3, -0.25) is 14.5 Å². The van der Waals surface area contributed by atoms with Gasteiger partial charge in [-0.2, -0.15) is 0 Å². The molecule has 2 amide bonds. The normalized spacial score (nSPS) is 14.7. The van der Waals surface area contributed by atoms with Gasteiger partial charge in [0.05, 0.1) is 23.3 Å². The average Bonchev–Trinajstić information content (AvgIpc) is 2.75. The summed E-state index contributed by atoms with van der Waals surface area (Å²) in [6, 6.07) is 8.22. The van der Waals surface area contributed by atoms with E-state index in [0.717, 1.165) is 5.56 Å². The highest BCUT2D eigenvalue weighted by atomic mass is 35.5. The Bertz CT molecular complexity index is 1280. The highest BCUT2D eigenvalue weighted by Gasteiger charge is 2.52. The molecule has 1 saturated heterocycles. The number of amides is 2. The van der Waals surface area contributed by atoms with E-state index in [0.29, 0.717) is 29.0 Å². The third-order valence-corrected chi connectivity index (χ3v) is 6.48.